The van der Waals surface area contributed by atoms with E-state index in [1.165, 1.54) is 0 Å². The smallest absolute Gasteiger partial charge is 0.255 e. The maximum Gasteiger partial charge on any atom is 0.255 e. The number of hydrogen-bond donors (Lipinski definition) is 1. The van der Waals surface area contributed by atoms with E-state index in [0.29, 0.717) is 22.0 Å². The summed E-state index contributed by atoms with van der Waals surface area (Å²) in [5, 5.41) is 4.23. The van der Waals surface area contributed by atoms with Crippen molar-refractivity contribution in [2.75, 3.05) is 12.4 Å². The van der Waals surface area contributed by atoms with Gasteiger partial charge in [-0.25, -0.2) is 4.98 Å². The van der Waals surface area contributed by atoms with Gasteiger partial charge in [-0.3, -0.25) is 4.79 Å². The number of methoxy groups -OCH3 is 1. The molecule has 0 spiro atoms. The average molecular weight is 395 g/mol. The van der Waals surface area contributed by atoms with Crippen LogP contribution in [0.25, 0.3) is 20.8 Å². The zero-order valence-corrected chi connectivity index (χ0v) is 16.0. The summed E-state index contributed by atoms with van der Waals surface area (Å²) in [4.78, 5) is 17.2. The summed E-state index contributed by atoms with van der Waals surface area (Å²) in [5.74, 6) is 0.461. The van der Waals surface area contributed by atoms with Crippen LogP contribution in [0.2, 0.25) is 5.02 Å². The van der Waals surface area contributed by atoms with Crippen molar-refractivity contribution < 1.29 is 9.53 Å². The number of anilines is 1. The van der Waals surface area contributed by atoms with Gasteiger partial charge in [0.2, 0.25) is 0 Å². The zero-order valence-electron chi connectivity index (χ0n) is 14.4. The van der Waals surface area contributed by atoms with Gasteiger partial charge in [0.15, 0.2) is 0 Å². The van der Waals surface area contributed by atoms with Crippen LogP contribution in [-0.4, -0.2) is 18.0 Å². The number of nitrogens with zero attached hydrogens (tertiary/aromatic N) is 1. The van der Waals surface area contributed by atoms with Crippen molar-refractivity contribution in [3.63, 3.8) is 0 Å². The summed E-state index contributed by atoms with van der Waals surface area (Å²) < 4.78 is 6.23. The quantitative estimate of drug-likeness (QED) is 0.470. The van der Waals surface area contributed by atoms with Gasteiger partial charge in [0, 0.05) is 11.1 Å². The van der Waals surface area contributed by atoms with Crippen LogP contribution in [-0.2, 0) is 0 Å². The first kappa shape index (κ1) is 17.5. The highest BCUT2D eigenvalue weighted by Crippen LogP contribution is 2.34. The topological polar surface area (TPSA) is 51.2 Å². The van der Waals surface area contributed by atoms with Crippen LogP contribution in [0.5, 0.6) is 5.75 Å². The van der Waals surface area contributed by atoms with Crippen molar-refractivity contribution in [1.82, 2.24) is 4.98 Å². The number of para-hydroxylation sites is 1. The second kappa shape index (κ2) is 7.39. The van der Waals surface area contributed by atoms with Crippen molar-refractivity contribution >= 4 is 44.7 Å². The molecule has 27 heavy (non-hydrogen) atoms. The summed E-state index contributed by atoms with van der Waals surface area (Å²) in [6.45, 7) is 0. The number of aromatic nitrogens is 1. The molecule has 0 aliphatic rings. The molecule has 4 nitrogen and oxygen atoms in total. The lowest BCUT2D eigenvalue weighted by molar-refractivity contribution is 0.102. The largest absolute Gasteiger partial charge is 0.497 e. The van der Waals surface area contributed by atoms with E-state index in [9.17, 15) is 4.79 Å². The molecular formula is C21H15ClN2O2S. The lowest BCUT2D eigenvalue weighted by Gasteiger charge is -2.09. The van der Waals surface area contributed by atoms with Crippen LogP contribution in [0.15, 0.2) is 66.7 Å². The van der Waals surface area contributed by atoms with Gasteiger partial charge in [0.1, 0.15) is 10.8 Å². The molecule has 0 radical (unpaired) electrons. The Morgan fingerprint density at radius 3 is 2.59 bits per heavy atom. The first-order valence-corrected chi connectivity index (χ1v) is 9.44. The zero-order chi connectivity index (χ0) is 18.8. The molecule has 1 amide bonds. The molecule has 134 valence electrons. The molecule has 0 aliphatic heterocycles. The van der Waals surface area contributed by atoms with Crippen LogP contribution in [0.4, 0.5) is 5.69 Å². The molecule has 0 unspecified atom stereocenters. The predicted molar refractivity (Wildman–Crippen MR) is 111 cm³/mol. The monoisotopic (exact) mass is 394 g/mol. The number of nitrogens with one attached hydrogen (secondary N) is 1. The fourth-order valence-corrected chi connectivity index (χ4v) is 3.81. The van der Waals surface area contributed by atoms with E-state index in [4.69, 9.17) is 16.3 Å². The highest BCUT2D eigenvalue weighted by molar-refractivity contribution is 7.21. The molecule has 1 aromatic heterocycles. The van der Waals surface area contributed by atoms with Gasteiger partial charge < -0.3 is 10.1 Å². The summed E-state index contributed by atoms with van der Waals surface area (Å²) in [6, 6.07) is 20.4. The van der Waals surface area contributed by atoms with E-state index >= 15 is 0 Å². The first-order valence-electron chi connectivity index (χ1n) is 8.25. The second-order valence-corrected chi connectivity index (χ2v) is 7.30. The van der Waals surface area contributed by atoms with E-state index in [2.05, 4.69) is 10.3 Å². The molecule has 0 aliphatic carbocycles. The number of benzene rings is 3. The van der Waals surface area contributed by atoms with E-state index in [1.807, 2.05) is 36.4 Å². The van der Waals surface area contributed by atoms with Gasteiger partial charge in [0.05, 0.1) is 28.0 Å². The minimum Gasteiger partial charge on any atom is -0.497 e. The Hall–Kier alpha value is -2.89. The summed E-state index contributed by atoms with van der Waals surface area (Å²) in [5.41, 5.74) is 2.94. The van der Waals surface area contributed by atoms with Gasteiger partial charge in [-0.2, -0.15) is 0 Å². The molecule has 0 atom stereocenters. The Bertz CT molecular complexity index is 1090. The Morgan fingerprint density at radius 2 is 1.85 bits per heavy atom. The molecule has 0 fully saturated rings. The highest BCUT2D eigenvalue weighted by atomic mass is 35.5. The molecule has 3 aromatic carbocycles. The maximum atomic E-state index is 12.5. The number of amides is 1. The molecule has 1 heterocycles. The van der Waals surface area contributed by atoms with Gasteiger partial charge in [-0.05, 0) is 48.5 Å². The number of thiazole rings is 1. The van der Waals surface area contributed by atoms with Gasteiger partial charge >= 0.3 is 0 Å². The Kier molecular flexibility index (Phi) is 4.79. The number of fused-ring (bicyclic) bond motifs is 1. The summed E-state index contributed by atoms with van der Waals surface area (Å²) in [7, 11) is 1.59. The maximum absolute atomic E-state index is 12.5. The van der Waals surface area contributed by atoms with E-state index in [0.717, 1.165) is 20.8 Å². The van der Waals surface area contributed by atoms with Crippen molar-refractivity contribution in [3.8, 4) is 16.3 Å². The highest BCUT2D eigenvalue weighted by Gasteiger charge is 2.12. The van der Waals surface area contributed by atoms with Crippen LogP contribution < -0.4 is 10.1 Å². The third kappa shape index (κ3) is 3.65. The van der Waals surface area contributed by atoms with Gasteiger partial charge in [-0.1, -0.05) is 29.8 Å². The third-order valence-corrected chi connectivity index (χ3v) is 5.52. The van der Waals surface area contributed by atoms with Crippen molar-refractivity contribution in [3.05, 3.63) is 77.3 Å². The van der Waals surface area contributed by atoms with Gasteiger partial charge in [-0.15, -0.1) is 11.3 Å². The number of ether oxygens (including phenoxy) is 1. The molecule has 0 saturated heterocycles. The normalized spacial score (nSPS) is 10.7. The van der Waals surface area contributed by atoms with E-state index in [1.54, 1.807) is 48.8 Å². The van der Waals surface area contributed by atoms with Crippen molar-refractivity contribution in [1.29, 1.82) is 0 Å². The van der Waals surface area contributed by atoms with Crippen LogP contribution >= 0.6 is 22.9 Å². The number of carbonyl (C=O) groups is 1. The summed E-state index contributed by atoms with van der Waals surface area (Å²) in [6.07, 6.45) is 0. The van der Waals surface area contributed by atoms with Gasteiger partial charge in [0.25, 0.3) is 5.91 Å². The van der Waals surface area contributed by atoms with Crippen LogP contribution in [0.1, 0.15) is 10.4 Å². The Balaban J connectivity index is 1.62. The Labute approximate surface area is 165 Å². The third-order valence-electron chi connectivity index (χ3n) is 4.11. The van der Waals surface area contributed by atoms with Crippen molar-refractivity contribution in [2.24, 2.45) is 0 Å². The second-order valence-electron chi connectivity index (χ2n) is 5.86. The fourth-order valence-electron chi connectivity index (χ4n) is 2.69. The van der Waals surface area contributed by atoms with Crippen LogP contribution in [0, 0.1) is 0 Å². The molecule has 0 bridgehead atoms. The standard InChI is InChI=1S/C21H15ClN2O2S/c1-26-15-9-6-13(7-10-15)20(25)23-18-12-14(8-11-16(18)22)21-24-17-4-2-3-5-19(17)27-21/h2-12H,1H3,(H,23,25). The number of rotatable bonds is 4. The van der Waals surface area contributed by atoms with Crippen LogP contribution in [0.3, 0.4) is 0 Å². The average Bonchev–Trinajstić information content (AvgIpc) is 3.14. The van der Waals surface area contributed by atoms with E-state index < -0.39 is 0 Å². The van der Waals surface area contributed by atoms with Crippen molar-refractivity contribution in [2.45, 2.75) is 0 Å². The Morgan fingerprint density at radius 1 is 1.07 bits per heavy atom. The number of halogens is 1. The molecule has 6 heteroatoms. The SMILES string of the molecule is COc1ccc(C(=O)Nc2cc(-c3nc4ccccc4s3)ccc2Cl)cc1. The summed E-state index contributed by atoms with van der Waals surface area (Å²) >= 11 is 7.89. The molecule has 4 rings (SSSR count). The molecule has 1 N–H and O–H groups in total. The first-order chi connectivity index (χ1) is 13.1. The number of carbonyl (C=O) groups excluding carboxylic acids is 1. The molecular weight excluding hydrogens is 380 g/mol. The van der Waals surface area contributed by atoms with E-state index in [-0.39, 0.29) is 5.91 Å². The minimum absolute atomic E-state index is 0.235. The number of hydrogen-bond acceptors (Lipinski definition) is 4. The lowest BCUT2D eigenvalue weighted by atomic mass is 10.1. The lowest BCUT2D eigenvalue weighted by Crippen LogP contribution is -2.12. The molecule has 4 aromatic rings. The molecule has 0 saturated carbocycles. The minimum atomic E-state index is -0.235. The fraction of sp³-hybridized carbons (Fsp3) is 0.0476. The predicted octanol–water partition coefficient (Wildman–Crippen LogP) is 5.88.